The van der Waals surface area contributed by atoms with Crippen LogP contribution in [-0.2, 0) is 6.42 Å². The van der Waals surface area contributed by atoms with Crippen LogP contribution < -0.4 is 10.1 Å². The Morgan fingerprint density at radius 3 is 2.72 bits per heavy atom. The van der Waals surface area contributed by atoms with Gasteiger partial charge in [0.2, 0.25) is 0 Å². The second-order valence-corrected chi connectivity index (χ2v) is 4.90. The molecule has 1 heterocycles. The molecule has 0 aliphatic rings. The van der Waals surface area contributed by atoms with E-state index in [0.29, 0.717) is 0 Å². The lowest BCUT2D eigenvalue weighted by Gasteiger charge is -2.00. The van der Waals surface area contributed by atoms with E-state index in [-0.39, 0.29) is 0 Å². The maximum absolute atomic E-state index is 5.15. The van der Waals surface area contributed by atoms with Crippen LogP contribution in [0, 0.1) is 0 Å². The summed E-state index contributed by atoms with van der Waals surface area (Å²) in [5, 5.41) is 6.61. The molecule has 1 N–H and O–H groups in total. The fraction of sp³-hybridized carbons (Fsp3) is 0.357. The molecule has 0 unspecified atom stereocenters. The molecule has 0 atom stereocenters. The van der Waals surface area contributed by atoms with E-state index in [1.165, 1.54) is 5.01 Å². The maximum atomic E-state index is 5.15. The highest BCUT2D eigenvalue weighted by Gasteiger charge is 2.04. The summed E-state index contributed by atoms with van der Waals surface area (Å²) in [6.07, 6.45) is 0.995. The molecule has 18 heavy (non-hydrogen) atoms. The normalized spacial score (nSPS) is 10.6. The number of hydrogen-bond donors (Lipinski definition) is 1. The van der Waals surface area contributed by atoms with Gasteiger partial charge in [-0.1, -0.05) is 6.92 Å². The molecule has 2 aromatic rings. The van der Waals surface area contributed by atoms with Gasteiger partial charge in [0.05, 0.1) is 17.8 Å². The molecule has 0 saturated carbocycles. The third-order valence-corrected chi connectivity index (χ3v) is 3.61. The Bertz CT molecular complexity index is 479. The average Bonchev–Trinajstić information content (AvgIpc) is 2.88. The van der Waals surface area contributed by atoms with Crippen LogP contribution in [0.5, 0.6) is 5.75 Å². The van der Waals surface area contributed by atoms with Gasteiger partial charge >= 0.3 is 0 Å². The number of thiazole rings is 1. The number of hydrogen-bond acceptors (Lipinski definition) is 4. The number of nitrogens with zero attached hydrogens (tertiary/aromatic N) is 1. The predicted octanol–water partition coefficient (Wildman–Crippen LogP) is 2.97. The summed E-state index contributed by atoms with van der Waals surface area (Å²) in [5.41, 5.74) is 2.19. The Morgan fingerprint density at radius 2 is 2.06 bits per heavy atom. The van der Waals surface area contributed by atoms with Crippen LogP contribution in [0.3, 0.4) is 0 Å². The summed E-state index contributed by atoms with van der Waals surface area (Å²) in [6, 6.07) is 8.02. The maximum Gasteiger partial charge on any atom is 0.118 e. The van der Waals surface area contributed by atoms with Crippen molar-refractivity contribution in [2.75, 3.05) is 20.2 Å². The van der Waals surface area contributed by atoms with Crippen LogP contribution in [-0.4, -0.2) is 25.2 Å². The first-order chi connectivity index (χ1) is 8.83. The van der Waals surface area contributed by atoms with Gasteiger partial charge in [-0.25, -0.2) is 4.98 Å². The molecular weight excluding hydrogens is 244 g/mol. The van der Waals surface area contributed by atoms with Crippen molar-refractivity contribution in [1.82, 2.24) is 10.3 Å². The summed E-state index contributed by atoms with van der Waals surface area (Å²) in [4.78, 5) is 4.65. The van der Waals surface area contributed by atoms with Gasteiger partial charge in [0.15, 0.2) is 0 Å². The van der Waals surface area contributed by atoms with E-state index in [9.17, 15) is 0 Å². The lowest BCUT2D eigenvalue weighted by molar-refractivity contribution is 0.415. The van der Waals surface area contributed by atoms with Gasteiger partial charge in [0, 0.05) is 23.9 Å². The quantitative estimate of drug-likeness (QED) is 0.813. The molecule has 1 aromatic carbocycles. The van der Waals surface area contributed by atoms with E-state index < -0.39 is 0 Å². The van der Waals surface area contributed by atoms with Crippen LogP contribution in [0.25, 0.3) is 11.3 Å². The minimum atomic E-state index is 0.876. The average molecular weight is 262 g/mol. The van der Waals surface area contributed by atoms with Crippen molar-refractivity contribution in [2.24, 2.45) is 0 Å². The summed E-state index contributed by atoms with van der Waals surface area (Å²) in [5.74, 6) is 0.876. The summed E-state index contributed by atoms with van der Waals surface area (Å²) in [6.45, 7) is 4.12. The van der Waals surface area contributed by atoms with Crippen molar-refractivity contribution in [3.05, 3.63) is 34.7 Å². The highest BCUT2D eigenvalue weighted by molar-refractivity contribution is 7.09. The second-order valence-electron chi connectivity index (χ2n) is 3.96. The van der Waals surface area contributed by atoms with Crippen molar-refractivity contribution in [2.45, 2.75) is 13.3 Å². The van der Waals surface area contributed by atoms with Gasteiger partial charge in [-0.3, -0.25) is 0 Å². The van der Waals surface area contributed by atoms with Crippen molar-refractivity contribution >= 4 is 11.3 Å². The van der Waals surface area contributed by atoms with Gasteiger partial charge in [0.1, 0.15) is 5.75 Å². The number of aromatic nitrogens is 1. The lowest BCUT2D eigenvalue weighted by Crippen LogP contribution is -2.15. The first kappa shape index (κ1) is 13.1. The van der Waals surface area contributed by atoms with Gasteiger partial charge in [-0.15, -0.1) is 11.3 Å². The number of ether oxygens (including phenoxy) is 1. The van der Waals surface area contributed by atoms with Crippen LogP contribution in [0.2, 0.25) is 0 Å². The van der Waals surface area contributed by atoms with E-state index >= 15 is 0 Å². The van der Waals surface area contributed by atoms with Gasteiger partial charge in [-0.05, 0) is 30.8 Å². The molecule has 0 saturated heterocycles. The van der Waals surface area contributed by atoms with Crippen molar-refractivity contribution in [3.63, 3.8) is 0 Å². The molecule has 0 aliphatic heterocycles. The standard InChI is InChI=1S/C14H18N2OS/c1-3-15-9-8-14-16-13(10-18-14)11-4-6-12(17-2)7-5-11/h4-7,10,15H,3,8-9H2,1-2H3. The zero-order valence-corrected chi connectivity index (χ0v) is 11.6. The topological polar surface area (TPSA) is 34.2 Å². The summed E-state index contributed by atoms with van der Waals surface area (Å²) < 4.78 is 5.15. The van der Waals surface area contributed by atoms with E-state index in [1.807, 2.05) is 24.3 Å². The minimum Gasteiger partial charge on any atom is -0.497 e. The number of methoxy groups -OCH3 is 1. The largest absolute Gasteiger partial charge is 0.497 e. The molecule has 1 aromatic heterocycles. The monoisotopic (exact) mass is 262 g/mol. The molecule has 0 bridgehead atoms. The van der Waals surface area contributed by atoms with Crippen LogP contribution >= 0.6 is 11.3 Å². The molecule has 0 aliphatic carbocycles. The Labute approximate surface area is 112 Å². The Hall–Kier alpha value is -1.39. The van der Waals surface area contributed by atoms with Crippen LogP contribution in [0.4, 0.5) is 0 Å². The first-order valence-electron chi connectivity index (χ1n) is 6.13. The van der Waals surface area contributed by atoms with E-state index in [2.05, 4.69) is 22.6 Å². The van der Waals surface area contributed by atoms with Gasteiger partial charge in [-0.2, -0.15) is 0 Å². The minimum absolute atomic E-state index is 0.876. The Balaban J connectivity index is 2.04. The van der Waals surface area contributed by atoms with Crippen LogP contribution in [0.1, 0.15) is 11.9 Å². The molecule has 0 fully saturated rings. The van der Waals surface area contributed by atoms with E-state index in [0.717, 1.165) is 36.5 Å². The highest BCUT2D eigenvalue weighted by atomic mass is 32.1. The Kier molecular flexibility index (Phi) is 4.73. The number of benzene rings is 1. The van der Waals surface area contributed by atoms with Gasteiger partial charge < -0.3 is 10.1 Å². The van der Waals surface area contributed by atoms with Crippen LogP contribution in [0.15, 0.2) is 29.6 Å². The predicted molar refractivity (Wildman–Crippen MR) is 76.3 cm³/mol. The van der Waals surface area contributed by atoms with Crippen molar-refractivity contribution in [3.8, 4) is 17.0 Å². The Morgan fingerprint density at radius 1 is 1.28 bits per heavy atom. The number of nitrogens with one attached hydrogen (secondary N) is 1. The molecule has 0 radical (unpaired) electrons. The van der Waals surface area contributed by atoms with E-state index in [4.69, 9.17) is 4.74 Å². The third-order valence-electron chi connectivity index (χ3n) is 2.70. The zero-order valence-electron chi connectivity index (χ0n) is 10.8. The van der Waals surface area contributed by atoms with Crippen molar-refractivity contribution < 1.29 is 4.74 Å². The fourth-order valence-corrected chi connectivity index (χ4v) is 2.50. The highest BCUT2D eigenvalue weighted by Crippen LogP contribution is 2.24. The van der Waals surface area contributed by atoms with E-state index in [1.54, 1.807) is 18.4 Å². The molecule has 0 spiro atoms. The number of rotatable bonds is 6. The lowest BCUT2D eigenvalue weighted by atomic mass is 10.2. The molecule has 3 nitrogen and oxygen atoms in total. The molecular formula is C14H18N2OS. The zero-order chi connectivity index (χ0) is 12.8. The molecule has 0 amide bonds. The molecule has 96 valence electrons. The number of likely N-dealkylation sites (N-methyl/N-ethyl adjacent to an activating group) is 1. The van der Waals surface area contributed by atoms with Crippen molar-refractivity contribution in [1.29, 1.82) is 0 Å². The second kappa shape index (κ2) is 6.52. The SMILES string of the molecule is CCNCCc1nc(-c2ccc(OC)cc2)cs1. The summed E-state index contributed by atoms with van der Waals surface area (Å²) >= 11 is 1.72. The van der Waals surface area contributed by atoms with Gasteiger partial charge in [0.25, 0.3) is 0 Å². The summed E-state index contributed by atoms with van der Waals surface area (Å²) in [7, 11) is 1.68. The first-order valence-corrected chi connectivity index (χ1v) is 7.01. The smallest absolute Gasteiger partial charge is 0.118 e. The third kappa shape index (κ3) is 3.31. The molecule has 4 heteroatoms. The fourth-order valence-electron chi connectivity index (χ4n) is 1.69. The molecule has 2 rings (SSSR count).